The van der Waals surface area contributed by atoms with Crippen molar-refractivity contribution in [1.29, 1.82) is 0 Å². The van der Waals surface area contributed by atoms with Gasteiger partial charge in [-0.25, -0.2) is 0 Å². The van der Waals surface area contributed by atoms with E-state index in [-0.39, 0.29) is 0 Å². The highest BCUT2D eigenvalue weighted by Gasteiger charge is 2.18. The van der Waals surface area contributed by atoms with E-state index in [1.807, 2.05) is 0 Å². The fourth-order valence-corrected chi connectivity index (χ4v) is 4.44. The van der Waals surface area contributed by atoms with Crippen LogP contribution in [-0.4, -0.2) is 0 Å². The maximum absolute atomic E-state index is 2.47. The van der Waals surface area contributed by atoms with Crippen LogP contribution in [0.3, 0.4) is 0 Å². The Morgan fingerprint density at radius 1 is 0.522 bits per heavy atom. The van der Waals surface area contributed by atoms with Crippen LogP contribution in [0.15, 0.2) is 66.7 Å². The highest BCUT2D eigenvalue weighted by Crippen LogP contribution is 2.39. The molecule has 112 valence electrons. The first-order chi connectivity index (χ1) is 11.4. The molecule has 0 saturated heterocycles. The zero-order chi connectivity index (χ0) is 15.2. The minimum Gasteiger partial charge on any atom is -0.0616 e. The van der Waals surface area contributed by atoms with Gasteiger partial charge in [-0.15, -0.1) is 0 Å². The number of benzene rings is 4. The van der Waals surface area contributed by atoms with E-state index in [1.54, 1.807) is 0 Å². The summed E-state index contributed by atoms with van der Waals surface area (Å²) < 4.78 is 0. The van der Waals surface area contributed by atoms with Crippen LogP contribution in [0.25, 0.3) is 32.3 Å². The second-order valence-corrected chi connectivity index (χ2v) is 6.88. The van der Waals surface area contributed by atoms with Crippen molar-refractivity contribution in [2.24, 2.45) is 0 Å². The molecule has 0 N–H and O–H groups in total. The van der Waals surface area contributed by atoms with Gasteiger partial charge in [0.1, 0.15) is 0 Å². The van der Waals surface area contributed by atoms with Crippen LogP contribution in [0.1, 0.15) is 37.2 Å². The Morgan fingerprint density at radius 3 is 1.57 bits per heavy atom. The molecule has 4 aromatic rings. The van der Waals surface area contributed by atoms with Gasteiger partial charge in [-0.2, -0.15) is 0 Å². The topological polar surface area (TPSA) is 0 Å². The van der Waals surface area contributed by atoms with E-state index >= 15 is 0 Å². The lowest BCUT2D eigenvalue weighted by atomic mass is 9.90. The number of hydrogen-bond donors (Lipinski definition) is 0. The monoisotopic (exact) mass is 296 g/mol. The summed E-state index contributed by atoms with van der Waals surface area (Å²) in [5, 5.41) is 8.31. The standard InChI is InChI=1S/C23H20/c1-2-8-16(7-1)17-13-14-22-20-11-4-3-9-18(20)19-10-5-6-12-21(19)23(22)15-17/h3-6,9-16H,1-2,7-8H2. The molecule has 1 aliphatic carbocycles. The van der Waals surface area contributed by atoms with Crippen molar-refractivity contribution in [1.82, 2.24) is 0 Å². The zero-order valence-electron chi connectivity index (χ0n) is 13.3. The summed E-state index contributed by atoms with van der Waals surface area (Å²) >= 11 is 0. The van der Waals surface area contributed by atoms with Crippen LogP contribution in [0.4, 0.5) is 0 Å². The molecule has 0 spiro atoms. The first kappa shape index (κ1) is 13.1. The number of hydrogen-bond acceptors (Lipinski definition) is 0. The van der Waals surface area contributed by atoms with E-state index < -0.39 is 0 Å². The molecular weight excluding hydrogens is 276 g/mol. The minimum absolute atomic E-state index is 0.768. The van der Waals surface area contributed by atoms with Crippen molar-refractivity contribution in [2.45, 2.75) is 31.6 Å². The third-order valence-electron chi connectivity index (χ3n) is 5.59. The second kappa shape index (κ2) is 5.09. The van der Waals surface area contributed by atoms with Gasteiger partial charge in [0.25, 0.3) is 0 Å². The Balaban J connectivity index is 1.92. The number of rotatable bonds is 1. The first-order valence-corrected chi connectivity index (χ1v) is 8.75. The minimum atomic E-state index is 0.768. The van der Waals surface area contributed by atoms with E-state index in [1.165, 1.54) is 63.6 Å². The highest BCUT2D eigenvalue weighted by atomic mass is 14.2. The molecule has 0 amide bonds. The van der Waals surface area contributed by atoms with E-state index in [9.17, 15) is 0 Å². The van der Waals surface area contributed by atoms with Crippen molar-refractivity contribution in [3.05, 3.63) is 72.3 Å². The summed E-state index contributed by atoms with van der Waals surface area (Å²) in [6.07, 6.45) is 5.50. The third kappa shape index (κ3) is 1.98. The molecule has 0 radical (unpaired) electrons. The summed E-state index contributed by atoms with van der Waals surface area (Å²) in [6, 6.07) is 24.9. The van der Waals surface area contributed by atoms with Crippen molar-refractivity contribution in [2.75, 3.05) is 0 Å². The van der Waals surface area contributed by atoms with Gasteiger partial charge < -0.3 is 0 Å². The normalized spacial score (nSPS) is 15.8. The van der Waals surface area contributed by atoms with E-state index in [0.717, 1.165) is 5.92 Å². The molecule has 0 atom stereocenters. The average Bonchev–Trinajstić information content (AvgIpc) is 3.16. The molecule has 0 unspecified atom stereocenters. The lowest BCUT2D eigenvalue weighted by Crippen LogP contribution is -1.92. The zero-order valence-corrected chi connectivity index (χ0v) is 13.3. The van der Waals surface area contributed by atoms with Crippen LogP contribution >= 0.6 is 0 Å². The van der Waals surface area contributed by atoms with Crippen molar-refractivity contribution < 1.29 is 0 Å². The van der Waals surface area contributed by atoms with Crippen LogP contribution in [0.2, 0.25) is 0 Å². The van der Waals surface area contributed by atoms with Crippen LogP contribution in [0, 0.1) is 0 Å². The lowest BCUT2D eigenvalue weighted by molar-refractivity contribution is 0.724. The summed E-state index contributed by atoms with van der Waals surface area (Å²) in [6.45, 7) is 0. The Kier molecular flexibility index (Phi) is 2.91. The maximum Gasteiger partial charge on any atom is -0.00961 e. The molecule has 0 heterocycles. The molecule has 1 aliphatic rings. The first-order valence-electron chi connectivity index (χ1n) is 8.75. The van der Waals surface area contributed by atoms with E-state index in [4.69, 9.17) is 0 Å². The molecule has 0 bridgehead atoms. The van der Waals surface area contributed by atoms with Crippen molar-refractivity contribution >= 4 is 32.3 Å². The lowest BCUT2D eigenvalue weighted by Gasteiger charge is -2.14. The average molecular weight is 296 g/mol. The second-order valence-electron chi connectivity index (χ2n) is 6.88. The Hall–Kier alpha value is -2.34. The predicted molar refractivity (Wildman–Crippen MR) is 100 cm³/mol. The Bertz CT molecular complexity index is 985. The fourth-order valence-electron chi connectivity index (χ4n) is 4.44. The van der Waals surface area contributed by atoms with Crippen LogP contribution < -0.4 is 0 Å². The quantitative estimate of drug-likeness (QED) is 0.339. The van der Waals surface area contributed by atoms with Crippen molar-refractivity contribution in [3.8, 4) is 0 Å². The summed E-state index contributed by atoms with van der Waals surface area (Å²) in [7, 11) is 0. The summed E-state index contributed by atoms with van der Waals surface area (Å²) in [5.41, 5.74) is 1.54. The highest BCUT2D eigenvalue weighted by molar-refractivity contribution is 6.25. The van der Waals surface area contributed by atoms with Gasteiger partial charge in [0.2, 0.25) is 0 Å². The molecule has 4 aromatic carbocycles. The van der Waals surface area contributed by atoms with Gasteiger partial charge in [-0.05, 0) is 56.6 Å². The van der Waals surface area contributed by atoms with E-state index in [2.05, 4.69) is 66.7 Å². The predicted octanol–water partition coefficient (Wildman–Crippen LogP) is 6.80. The fraction of sp³-hybridized carbons (Fsp3) is 0.217. The molecule has 1 saturated carbocycles. The molecule has 1 fully saturated rings. The summed E-state index contributed by atoms with van der Waals surface area (Å²) in [4.78, 5) is 0. The molecule has 0 heteroatoms. The van der Waals surface area contributed by atoms with E-state index in [0.29, 0.717) is 0 Å². The van der Waals surface area contributed by atoms with Gasteiger partial charge in [0.15, 0.2) is 0 Å². The molecule has 0 aromatic heterocycles. The van der Waals surface area contributed by atoms with Gasteiger partial charge in [0, 0.05) is 0 Å². The SMILES string of the molecule is c1ccc2c(c1)c1ccccc1c1cc(C3CCCC3)ccc21. The molecule has 0 aliphatic heterocycles. The van der Waals surface area contributed by atoms with Gasteiger partial charge in [-0.1, -0.05) is 79.6 Å². The summed E-state index contributed by atoms with van der Waals surface area (Å²) in [5.74, 6) is 0.768. The largest absolute Gasteiger partial charge is 0.0616 e. The molecule has 5 rings (SSSR count). The van der Waals surface area contributed by atoms with Crippen LogP contribution in [0.5, 0.6) is 0 Å². The Labute approximate surface area is 136 Å². The number of fused-ring (bicyclic) bond motifs is 6. The maximum atomic E-state index is 2.47. The molecule has 0 nitrogen and oxygen atoms in total. The van der Waals surface area contributed by atoms with Crippen molar-refractivity contribution in [3.63, 3.8) is 0 Å². The third-order valence-corrected chi connectivity index (χ3v) is 5.59. The Morgan fingerprint density at radius 2 is 1.00 bits per heavy atom. The molecular formula is C23H20. The van der Waals surface area contributed by atoms with Gasteiger partial charge >= 0.3 is 0 Å². The van der Waals surface area contributed by atoms with Crippen LogP contribution in [-0.2, 0) is 0 Å². The molecule has 23 heavy (non-hydrogen) atoms. The smallest absolute Gasteiger partial charge is 0.00961 e. The van der Waals surface area contributed by atoms with Gasteiger partial charge in [-0.3, -0.25) is 0 Å². The van der Waals surface area contributed by atoms with Gasteiger partial charge in [0.05, 0.1) is 0 Å².